The molecule has 0 aliphatic heterocycles. The van der Waals surface area contributed by atoms with Crippen LogP contribution in [0, 0.1) is 5.41 Å². The molecule has 0 aromatic heterocycles. The maximum absolute atomic E-state index is 13.6. The molecule has 0 aliphatic rings. The van der Waals surface area contributed by atoms with E-state index in [0.717, 1.165) is 5.56 Å². The van der Waals surface area contributed by atoms with E-state index >= 15 is 0 Å². The lowest BCUT2D eigenvalue weighted by atomic mass is 10.0. The maximum atomic E-state index is 13.6. The molecule has 0 fully saturated rings. The molecule has 4 aromatic rings. The summed E-state index contributed by atoms with van der Waals surface area (Å²) in [7, 11) is -2.45. The second-order valence-corrected chi connectivity index (χ2v) is 10.3. The number of hydrogen-bond donors (Lipinski definition) is 5. The lowest BCUT2D eigenvalue weighted by Gasteiger charge is -2.24. The van der Waals surface area contributed by atoms with Crippen molar-refractivity contribution < 1.29 is 17.9 Å². The van der Waals surface area contributed by atoms with Crippen LogP contribution in [0.1, 0.15) is 22.7 Å². The van der Waals surface area contributed by atoms with Gasteiger partial charge in [-0.3, -0.25) is 14.9 Å². The van der Waals surface area contributed by atoms with Gasteiger partial charge >= 0.3 is 0 Å². The van der Waals surface area contributed by atoms with E-state index in [4.69, 9.17) is 15.9 Å². The summed E-state index contributed by atoms with van der Waals surface area (Å²) in [6.45, 7) is 0.274. The number of hydrogen-bond acceptors (Lipinski definition) is 6. The summed E-state index contributed by atoms with van der Waals surface area (Å²) in [5.74, 6) is -0.0192. The van der Waals surface area contributed by atoms with E-state index in [1.165, 1.54) is 19.2 Å². The Bertz CT molecular complexity index is 1540. The smallest absolute Gasteiger partial charge is 0.261 e. The molecule has 0 radical (unpaired) electrons. The van der Waals surface area contributed by atoms with Crippen molar-refractivity contribution in [3.63, 3.8) is 0 Å². The predicted octanol–water partition coefficient (Wildman–Crippen LogP) is 4.25. The lowest BCUT2D eigenvalue weighted by molar-refractivity contribution is -0.122. The highest BCUT2D eigenvalue weighted by Crippen LogP contribution is 2.32. The molecule has 4 rings (SSSR count). The number of amides is 1. The molecule has 0 saturated heterocycles. The van der Waals surface area contributed by atoms with Gasteiger partial charge in [0.15, 0.2) is 0 Å². The number of sulfonamides is 1. The third-order valence-electron chi connectivity index (χ3n) is 5.95. The third-order valence-corrected chi connectivity index (χ3v) is 7.33. The number of amidine groups is 1. The number of carbonyl (C=O) groups excluding carboxylic acids is 1. The molecular weight excluding hydrogens is 514 g/mol. The molecule has 0 bridgehead atoms. The van der Waals surface area contributed by atoms with Crippen LogP contribution in [0.2, 0.25) is 0 Å². The van der Waals surface area contributed by atoms with Gasteiger partial charge in [-0.15, -0.1) is 0 Å². The average molecular weight is 544 g/mol. The van der Waals surface area contributed by atoms with Crippen molar-refractivity contribution in [1.82, 2.24) is 5.32 Å². The predicted molar refractivity (Wildman–Crippen MR) is 152 cm³/mol. The zero-order valence-corrected chi connectivity index (χ0v) is 22.0. The molecule has 1 amide bonds. The fourth-order valence-corrected chi connectivity index (χ4v) is 5.00. The first-order chi connectivity index (χ1) is 18.8. The molecule has 10 heteroatoms. The Balaban J connectivity index is 1.73. The third kappa shape index (κ3) is 6.93. The topological polar surface area (TPSA) is 146 Å². The first kappa shape index (κ1) is 27.2. The highest BCUT2D eigenvalue weighted by atomic mass is 32.2. The van der Waals surface area contributed by atoms with E-state index in [9.17, 15) is 13.2 Å². The number of nitrogen functional groups attached to an aromatic ring is 1. The molecular formula is C29H29N5O4S. The van der Waals surface area contributed by atoms with Crippen molar-refractivity contribution in [2.45, 2.75) is 17.5 Å². The Morgan fingerprint density at radius 3 is 2.18 bits per heavy atom. The summed E-state index contributed by atoms with van der Waals surface area (Å²) in [5.41, 5.74) is 8.16. The number of nitrogens with two attached hydrogens (primary N) is 1. The second kappa shape index (κ2) is 12.1. The molecule has 0 aliphatic carbocycles. The Labute approximate surface area is 227 Å². The fraction of sp³-hybridized carbons (Fsp3) is 0.103. The molecule has 1 atom stereocenters. The summed E-state index contributed by atoms with van der Waals surface area (Å²) in [5, 5.41) is 13.8. The largest absolute Gasteiger partial charge is 0.497 e. The maximum Gasteiger partial charge on any atom is 0.261 e. The molecule has 0 unspecified atom stereocenters. The number of rotatable bonds is 11. The fourth-order valence-electron chi connectivity index (χ4n) is 3.89. The summed E-state index contributed by atoms with van der Waals surface area (Å²) in [4.78, 5) is 13.7. The van der Waals surface area contributed by atoms with Crippen LogP contribution in [-0.4, -0.2) is 27.3 Å². The number of anilines is 2. The first-order valence-corrected chi connectivity index (χ1v) is 13.5. The van der Waals surface area contributed by atoms with Gasteiger partial charge in [-0.1, -0.05) is 48.5 Å². The van der Waals surface area contributed by atoms with Gasteiger partial charge in [0.2, 0.25) is 5.91 Å². The van der Waals surface area contributed by atoms with Crippen LogP contribution in [0.5, 0.6) is 5.75 Å². The van der Waals surface area contributed by atoms with Crippen LogP contribution < -0.4 is 25.8 Å². The molecule has 200 valence electrons. The molecule has 0 spiro atoms. The van der Waals surface area contributed by atoms with Crippen molar-refractivity contribution in [2.75, 3.05) is 17.1 Å². The van der Waals surface area contributed by atoms with Crippen LogP contribution >= 0.6 is 0 Å². The van der Waals surface area contributed by atoms with Crippen molar-refractivity contribution >= 4 is 33.1 Å². The van der Waals surface area contributed by atoms with Gasteiger partial charge in [0.1, 0.15) is 17.6 Å². The van der Waals surface area contributed by atoms with Crippen LogP contribution in [0.4, 0.5) is 11.4 Å². The van der Waals surface area contributed by atoms with Crippen LogP contribution in [0.25, 0.3) is 0 Å². The van der Waals surface area contributed by atoms with Gasteiger partial charge in [-0.2, -0.15) is 0 Å². The minimum atomic E-state index is -3.95. The van der Waals surface area contributed by atoms with E-state index in [2.05, 4.69) is 15.4 Å². The van der Waals surface area contributed by atoms with E-state index in [-0.39, 0.29) is 28.9 Å². The summed E-state index contributed by atoms with van der Waals surface area (Å²) < 4.78 is 34.4. The summed E-state index contributed by atoms with van der Waals surface area (Å²) in [6.07, 6.45) is 0. The van der Waals surface area contributed by atoms with Crippen molar-refractivity contribution in [3.05, 3.63) is 120 Å². The number of carbonyl (C=O) groups is 1. The van der Waals surface area contributed by atoms with Crippen molar-refractivity contribution in [3.8, 4) is 5.75 Å². The van der Waals surface area contributed by atoms with E-state index in [0.29, 0.717) is 22.6 Å². The van der Waals surface area contributed by atoms with Gasteiger partial charge in [0, 0.05) is 23.4 Å². The number of benzene rings is 4. The van der Waals surface area contributed by atoms with E-state index in [1.54, 1.807) is 60.7 Å². The number of nitrogens with one attached hydrogen (secondary N) is 4. The minimum Gasteiger partial charge on any atom is -0.497 e. The molecule has 39 heavy (non-hydrogen) atoms. The van der Waals surface area contributed by atoms with Gasteiger partial charge < -0.3 is 21.1 Å². The van der Waals surface area contributed by atoms with Gasteiger partial charge in [0.25, 0.3) is 10.0 Å². The molecule has 6 N–H and O–H groups in total. The zero-order valence-electron chi connectivity index (χ0n) is 21.2. The molecule has 4 aromatic carbocycles. The Hall–Kier alpha value is -4.83. The monoisotopic (exact) mass is 543 g/mol. The number of methoxy groups -OCH3 is 1. The van der Waals surface area contributed by atoms with Crippen molar-refractivity contribution in [2.24, 2.45) is 5.73 Å². The summed E-state index contributed by atoms with van der Waals surface area (Å²) in [6, 6.07) is 27.9. The summed E-state index contributed by atoms with van der Waals surface area (Å²) >= 11 is 0. The minimum absolute atomic E-state index is 0.0795. The lowest BCUT2D eigenvalue weighted by Crippen LogP contribution is -2.34. The van der Waals surface area contributed by atoms with E-state index < -0.39 is 16.1 Å². The molecule has 9 nitrogen and oxygen atoms in total. The van der Waals surface area contributed by atoms with Gasteiger partial charge in [-0.25, -0.2) is 8.42 Å². The average Bonchev–Trinajstić information content (AvgIpc) is 2.96. The number of ether oxygens (including phenoxy) is 1. The molecule has 0 saturated carbocycles. The highest BCUT2D eigenvalue weighted by molar-refractivity contribution is 7.92. The van der Waals surface area contributed by atoms with Crippen molar-refractivity contribution in [1.29, 1.82) is 5.41 Å². The highest BCUT2D eigenvalue weighted by Gasteiger charge is 2.26. The quantitative estimate of drug-likeness (QED) is 0.141. The first-order valence-electron chi connectivity index (χ1n) is 12.1. The SMILES string of the molecule is COc1ccc(NS(=O)(=O)c2ccccc2)c([C@H](Nc2ccc(C(=N)N)cc2)C(=O)NCc2ccccc2)c1. The molecule has 0 heterocycles. The van der Waals surface area contributed by atoms with Crippen LogP contribution in [0.3, 0.4) is 0 Å². The Kier molecular flexibility index (Phi) is 8.47. The van der Waals surface area contributed by atoms with Crippen LogP contribution in [-0.2, 0) is 21.4 Å². The Morgan fingerprint density at radius 2 is 1.56 bits per heavy atom. The Morgan fingerprint density at radius 1 is 0.923 bits per heavy atom. The van der Waals surface area contributed by atoms with E-state index in [1.807, 2.05) is 30.3 Å². The van der Waals surface area contributed by atoms with Gasteiger partial charge in [-0.05, 0) is 60.2 Å². The van der Waals surface area contributed by atoms with Gasteiger partial charge in [0.05, 0.1) is 17.7 Å². The second-order valence-electron chi connectivity index (χ2n) is 8.64. The zero-order chi connectivity index (χ0) is 27.8. The van der Waals surface area contributed by atoms with Crippen LogP contribution in [0.15, 0.2) is 108 Å². The standard InChI is InChI=1S/C29H29N5O4S/c1-38-23-16-17-26(34-39(36,37)24-10-6-3-7-11-24)25(18-23)27(29(35)32-19-20-8-4-2-5-9-20)33-22-14-12-21(13-15-22)28(30)31/h2-18,27,33-34H,19H2,1H3,(H3,30,31)(H,32,35)/t27-/m0/s1. The normalized spacial score (nSPS) is 11.7.